The summed E-state index contributed by atoms with van der Waals surface area (Å²) in [4.78, 5) is 33.5. The molecule has 0 saturated carbocycles. The van der Waals surface area contributed by atoms with E-state index in [0.717, 1.165) is 15.9 Å². The molecule has 0 atom stereocenters. The Balaban J connectivity index is 2.14. The summed E-state index contributed by atoms with van der Waals surface area (Å²) in [6, 6.07) is 7.91. The first kappa shape index (κ1) is 18.0. The second-order valence-electron chi connectivity index (χ2n) is 6.20. The molecule has 0 aliphatic rings. The van der Waals surface area contributed by atoms with E-state index in [-0.39, 0.29) is 17.1 Å². The molecule has 0 aliphatic carbocycles. The maximum absolute atomic E-state index is 12.9. The van der Waals surface area contributed by atoms with Gasteiger partial charge in [0.05, 0.1) is 22.6 Å². The quantitative estimate of drug-likeness (QED) is 0.319. The van der Waals surface area contributed by atoms with Crippen LogP contribution in [0.25, 0.3) is 31.8 Å². The van der Waals surface area contributed by atoms with Gasteiger partial charge in [-0.05, 0) is 24.6 Å². The topological polar surface area (TPSA) is 126 Å². The first-order valence-corrected chi connectivity index (χ1v) is 9.07. The molecule has 0 spiro atoms. The average Bonchev–Trinajstić information content (AvgIpc) is 3.03. The van der Waals surface area contributed by atoms with E-state index < -0.39 is 10.5 Å². The van der Waals surface area contributed by atoms with Crippen LogP contribution >= 0.6 is 11.3 Å². The minimum absolute atomic E-state index is 0.0217. The predicted molar refractivity (Wildman–Crippen MR) is 107 cm³/mol. The van der Waals surface area contributed by atoms with Crippen LogP contribution in [0.4, 0.5) is 5.69 Å². The Morgan fingerprint density at radius 3 is 2.79 bits per heavy atom. The molecule has 9 nitrogen and oxygen atoms in total. The van der Waals surface area contributed by atoms with E-state index in [1.54, 1.807) is 19.2 Å². The second-order valence-corrected chi connectivity index (χ2v) is 7.20. The summed E-state index contributed by atoms with van der Waals surface area (Å²) in [6.45, 7) is 2.18. The zero-order valence-corrected chi connectivity index (χ0v) is 15.8. The number of aryl methyl sites for hydroxylation is 1. The molecular weight excluding hydrogens is 382 g/mol. The van der Waals surface area contributed by atoms with E-state index in [9.17, 15) is 14.9 Å². The third kappa shape index (κ3) is 2.70. The number of fused-ring (bicyclic) bond motifs is 3. The van der Waals surface area contributed by atoms with Gasteiger partial charge in [0.15, 0.2) is 5.82 Å². The van der Waals surface area contributed by atoms with Crippen LogP contribution in [0.3, 0.4) is 0 Å². The van der Waals surface area contributed by atoms with Gasteiger partial charge in [-0.15, -0.1) is 11.3 Å². The van der Waals surface area contributed by atoms with Gasteiger partial charge in [0.25, 0.3) is 11.2 Å². The van der Waals surface area contributed by atoms with Crippen LogP contribution in [-0.4, -0.2) is 26.7 Å². The van der Waals surface area contributed by atoms with Crippen molar-refractivity contribution in [2.75, 3.05) is 13.0 Å². The minimum Gasteiger partial charge on any atom is -0.380 e. The Bertz CT molecular complexity index is 1310. The molecule has 4 rings (SSSR count). The van der Waals surface area contributed by atoms with E-state index in [1.165, 1.54) is 23.5 Å². The molecule has 4 aromatic rings. The lowest BCUT2D eigenvalue weighted by molar-refractivity contribution is -0.384. The maximum atomic E-state index is 12.9. The molecule has 142 valence electrons. The Kier molecular flexibility index (Phi) is 4.28. The summed E-state index contributed by atoms with van der Waals surface area (Å²) in [6.07, 6.45) is 0. The molecule has 10 heteroatoms. The van der Waals surface area contributed by atoms with Gasteiger partial charge >= 0.3 is 0 Å². The smallest absolute Gasteiger partial charge is 0.290 e. The van der Waals surface area contributed by atoms with Gasteiger partial charge in [0.2, 0.25) is 0 Å². The number of hydrogen-bond donors (Lipinski definition) is 1. The summed E-state index contributed by atoms with van der Waals surface area (Å²) in [7, 11) is 1.58. The van der Waals surface area contributed by atoms with Crippen LogP contribution in [0.1, 0.15) is 11.3 Å². The van der Waals surface area contributed by atoms with Crippen LogP contribution in [0.2, 0.25) is 0 Å². The summed E-state index contributed by atoms with van der Waals surface area (Å²) in [5.74, 6) is 6.00. The molecule has 28 heavy (non-hydrogen) atoms. The first-order chi connectivity index (χ1) is 13.4. The number of hydrogen-bond acceptors (Lipinski definition) is 8. The van der Waals surface area contributed by atoms with Gasteiger partial charge in [-0.3, -0.25) is 14.9 Å². The molecule has 0 fully saturated rings. The first-order valence-electron chi connectivity index (χ1n) is 8.26. The van der Waals surface area contributed by atoms with Crippen LogP contribution in [-0.2, 0) is 11.3 Å². The molecule has 2 N–H and O–H groups in total. The van der Waals surface area contributed by atoms with Gasteiger partial charge in [-0.2, -0.15) is 0 Å². The largest absolute Gasteiger partial charge is 0.380 e. The Morgan fingerprint density at radius 1 is 1.32 bits per heavy atom. The number of benzene rings is 1. The molecule has 0 unspecified atom stereocenters. The fourth-order valence-corrected chi connectivity index (χ4v) is 4.34. The van der Waals surface area contributed by atoms with Crippen molar-refractivity contribution >= 4 is 37.5 Å². The Morgan fingerprint density at radius 2 is 2.07 bits per heavy atom. The number of nitrogen functional groups attached to an aromatic ring is 1. The van der Waals surface area contributed by atoms with Crippen molar-refractivity contribution in [2.24, 2.45) is 0 Å². The van der Waals surface area contributed by atoms with Crippen LogP contribution in [0.5, 0.6) is 0 Å². The van der Waals surface area contributed by atoms with Gasteiger partial charge in [-0.25, -0.2) is 14.6 Å². The van der Waals surface area contributed by atoms with Crippen LogP contribution in [0.15, 0.2) is 35.1 Å². The highest BCUT2D eigenvalue weighted by Crippen LogP contribution is 2.35. The van der Waals surface area contributed by atoms with Crippen LogP contribution in [0, 0.1) is 17.0 Å². The second kappa shape index (κ2) is 6.66. The van der Waals surface area contributed by atoms with Gasteiger partial charge in [0, 0.05) is 24.3 Å². The summed E-state index contributed by atoms with van der Waals surface area (Å²) in [5, 5.41) is 12.1. The van der Waals surface area contributed by atoms with Gasteiger partial charge < -0.3 is 10.6 Å². The van der Waals surface area contributed by atoms with Crippen molar-refractivity contribution < 1.29 is 9.66 Å². The lowest BCUT2D eigenvalue weighted by atomic mass is 10.1. The highest BCUT2D eigenvalue weighted by molar-refractivity contribution is 7.25. The van der Waals surface area contributed by atoms with Crippen molar-refractivity contribution in [2.45, 2.75) is 13.5 Å². The number of nitrogens with zero attached hydrogens (tertiary/aromatic N) is 4. The third-order valence-corrected chi connectivity index (χ3v) is 5.41. The number of aromatic nitrogens is 3. The van der Waals surface area contributed by atoms with Gasteiger partial charge in [-0.1, -0.05) is 12.1 Å². The molecule has 0 amide bonds. The summed E-state index contributed by atoms with van der Waals surface area (Å²) >= 11 is 1.19. The predicted octanol–water partition coefficient (Wildman–Crippen LogP) is 2.75. The number of para-hydroxylation sites is 1. The van der Waals surface area contributed by atoms with Crippen LogP contribution < -0.4 is 11.4 Å². The van der Waals surface area contributed by atoms with E-state index in [2.05, 4.69) is 9.97 Å². The highest BCUT2D eigenvalue weighted by atomic mass is 32.1. The number of rotatable bonds is 4. The summed E-state index contributed by atoms with van der Waals surface area (Å²) < 4.78 is 6.47. The van der Waals surface area contributed by atoms with E-state index >= 15 is 0 Å². The lowest BCUT2D eigenvalue weighted by Crippen LogP contribution is -2.29. The van der Waals surface area contributed by atoms with E-state index in [1.807, 2.05) is 13.0 Å². The number of methoxy groups -OCH3 is 1. The standard InChI is InChI=1S/C18H15N5O4S/c1-9-7-10(8-27-2)13-14-15(28-17(13)20-9)18(24)22(19)16(21-14)11-5-3-4-6-12(11)23(25)26/h3-7H,8,19H2,1-2H3. The molecule has 0 bridgehead atoms. The minimum atomic E-state index is -0.529. The maximum Gasteiger partial charge on any atom is 0.290 e. The van der Waals surface area contributed by atoms with Crippen molar-refractivity contribution in [3.8, 4) is 11.4 Å². The third-order valence-electron chi connectivity index (χ3n) is 4.35. The van der Waals surface area contributed by atoms with E-state index in [4.69, 9.17) is 10.6 Å². The van der Waals surface area contributed by atoms with Crippen molar-refractivity contribution in [3.05, 3.63) is 62.1 Å². The molecule has 0 aliphatic heterocycles. The monoisotopic (exact) mass is 397 g/mol. The highest BCUT2D eigenvalue weighted by Gasteiger charge is 2.23. The zero-order valence-electron chi connectivity index (χ0n) is 15.0. The SMILES string of the molecule is COCc1cc(C)nc2sc3c(=O)n(N)c(-c4ccccc4[N+](=O)[O-])nc3c12. The molecule has 3 aromatic heterocycles. The van der Waals surface area contributed by atoms with Gasteiger partial charge in [0.1, 0.15) is 9.53 Å². The van der Waals surface area contributed by atoms with Crippen molar-refractivity contribution in [1.82, 2.24) is 14.6 Å². The summed E-state index contributed by atoms with van der Waals surface area (Å²) in [5.41, 5.74) is 1.55. The molecule has 1 aromatic carbocycles. The lowest BCUT2D eigenvalue weighted by Gasteiger charge is -2.08. The molecule has 0 radical (unpaired) electrons. The molecule has 0 saturated heterocycles. The van der Waals surface area contributed by atoms with Crippen molar-refractivity contribution in [1.29, 1.82) is 0 Å². The van der Waals surface area contributed by atoms with E-state index in [0.29, 0.717) is 27.0 Å². The molecule has 3 heterocycles. The average molecular weight is 397 g/mol. The number of nitro benzene ring substituents is 1. The fourth-order valence-electron chi connectivity index (χ4n) is 3.19. The van der Waals surface area contributed by atoms with Crippen molar-refractivity contribution in [3.63, 3.8) is 0 Å². The number of nitrogens with two attached hydrogens (primary N) is 1. The Labute approximate surface area is 162 Å². The number of ether oxygens (including phenoxy) is 1. The normalized spacial score (nSPS) is 11.4. The number of thiophene rings is 1. The Hall–Kier alpha value is -3.37. The number of pyridine rings is 1. The molecular formula is C18H15N5O4S. The fraction of sp³-hybridized carbons (Fsp3) is 0.167. The number of nitro groups is 1. The zero-order chi connectivity index (χ0) is 20.0.